The van der Waals surface area contributed by atoms with E-state index < -0.39 is 29.1 Å². The summed E-state index contributed by atoms with van der Waals surface area (Å²) in [5.74, 6) is -4.59. The lowest BCUT2D eigenvalue weighted by Crippen LogP contribution is -2.15. The summed E-state index contributed by atoms with van der Waals surface area (Å²) in [7, 11) is 0. The molecule has 0 aromatic heterocycles. The number of aromatic carboxylic acids is 1. The molecule has 21 heavy (non-hydrogen) atoms. The summed E-state index contributed by atoms with van der Waals surface area (Å²) in [4.78, 5) is 22.8. The van der Waals surface area contributed by atoms with E-state index in [2.05, 4.69) is 5.32 Å². The molecule has 2 N–H and O–H groups in total. The van der Waals surface area contributed by atoms with Crippen molar-refractivity contribution >= 4 is 29.2 Å². The quantitative estimate of drug-likeness (QED) is 0.910. The first-order chi connectivity index (χ1) is 9.90. The summed E-state index contributed by atoms with van der Waals surface area (Å²) in [6.07, 6.45) is 0. The van der Waals surface area contributed by atoms with Crippen molar-refractivity contribution in [3.8, 4) is 0 Å². The van der Waals surface area contributed by atoms with Gasteiger partial charge in [-0.05, 0) is 30.3 Å². The number of amides is 1. The van der Waals surface area contributed by atoms with Crippen LogP contribution in [0.1, 0.15) is 20.7 Å². The molecule has 0 aliphatic heterocycles. The summed E-state index contributed by atoms with van der Waals surface area (Å²) in [5, 5.41) is 11.2. The number of hydrogen-bond acceptors (Lipinski definition) is 2. The third kappa shape index (κ3) is 3.17. The van der Waals surface area contributed by atoms with Crippen LogP contribution in [0.5, 0.6) is 0 Å². The fourth-order valence-corrected chi connectivity index (χ4v) is 1.79. The Morgan fingerprint density at radius 3 is 2.52 bits per heavy atom. The van der Waals surface area contributed by atoms with E-state index in [1.165, 1.54) is 18.2 Å². The second kappa shape index (κ2) is 5.88. The van der Waals surface area contributed by atoms with Gasteiger partial charge in [-0.1, -0.05) is 17.7 Å². The van der Waals surface area contributed by atoms with Gasteiger partial charge in [-0.25, -0.2) is 13.6 Å². The molecule has 0 radical (unpaired) electrons. The van der Waals surface area contributed by atoms with Crippen LogP contribution in [0, 0.1) is 11.6 Å². The van der Waals surface area contributed by atoms with Crippen LogP contribution < -0.4 is 5.32 Å². The molecule has 0 atom stereocenters. The molecule has 4 nitrogen and oxygen atoms in total. The zero-order valence-electron chi connectivity index (χ0n) is 10.4. The average molecular weight is 312 g/mol. The minimum Gasteiger partial charge on any atom is -0.478 e. The molecule has 2 rings (SSSR count). The molecule has 0 saturated carbocycles. The number of carboxylic acids is 1. The molecule has 0 aliphatic rings. The lowest BCUT2D eigenvalue weighted by molar-refractivity contribution is 0.0696. The van der Waals surface area contributed by atoms with Crippen molar-refractivity contribution in [2.75, 3.05) is 5.32 Å². The highest BCUT2D eigenvalue weighted by atomic mass is 35.5. The van der Waals surface area contributed by atoms with Crippen molar-refractivity contribution in [3.05, 3.63) is 64.2 Å². The molecule has 0 unspecified atom stereocenters. The third-order valence-electron chi connectivity index (χ3n) is 2.66. The smallest absolute Gasteiger partial charge is 0.335 e. The molecule has 0 heterocycles. The van der Waals surface area contributed by atoms with Gasteiger partial charge in [0, 0.05) is 0 Å². The Bertz CT molecular complexity index is 734. The number of halogens is 3. The van der Waals surface area contributed by atoms with E-state index in [1.807, 2.05) is 0 Å². The molecule has 2 aromatic carbocycles. The van der Waals surface area contributed by atoms with Crippen molar-refractivity contribution in [2.24, 2.45) is 0 Å². The predicted octanol–water partition coefficient (Wildman–Crippen LogP) is 3.57. The van der Waals surface area contributed by atoms with Crippen molar-refractivity contribution < 1.29 is 23.5 Å². The van der Waals surface area contributed by atoms with Crippen LogP contribution in [-0.2, 0) is 0 Å². The normalized spacial score (nSPS) is 10.2. The monoisotopic (exact) mass is 311 g/mol. The van der Waals surface area contributed by atoms with Crippen LogP contribution in [0.25, 0.3) is 0 Å². The van der Waals surface area contributed by atoms with Gasteiger partial charge < -0.3 is 10.4 Å². The number of anilines is 1. The topological polar surface area (TPSA) is 66.4 Å². The summed E-state index contributed by atoms with van der Waals surface area (Å²) in [6.45, 7) is 0. The molecule has 1 amide bonds. The van der Waals surface area contributed by atoms with E-state index in [1.54, 1.807) is 0 Å². The Balaban J connectivity index is 2.33. The number of nitrogens with one attached hydrogen (secondary N) is 1. The molecule has 0 spiro atoms. The molecule has 7 heteroatoms. The first kappa shape index (κ1) is 14.9. The standard InChI is InChI=1S/C14H8ClF2NO3/c15-9-5-4-7(14(20)21)6-11(9)18-13(19)8-2-1-3-10(16)12(8)17/h1-6H,(H,18,19)(H,20,21). The minimum atomic E-state index is -1.29. The van der Waals surface area contributed by atoms with Crippen molar-refractivity contribution in [3.63, 3.8) is 0 Å². The van der Waals surface area contributed by atoms with E-state index >= 15 is 0 Å². The van der Waals surface area contributed by atoms with E-state index in [4.69, 9.17) is 16.7 Å². The first-order valence-electron chi connectivity index (χ1n) is 5.68. The van der Waals surface area contributed by atoms with Crippen LogP contribution >= 0.6 is 11.6 Å². The third-order valence-corrected chi connectivity index (χ3v) is 2.99. The molecular formula is C14H8ClF2NO3. The van der Waals surface area contributed by atoms with Gasteiger partial charge in [-0.15, -0.1) is 0 Å². The number of carbonyl (C=O) groups is 2. The molecule has 0 saturated heterocycles. The zero-order chi connectivity index (χ0) is 15.6. The highest BCUT2D eigenvalue weighted by Crippen LogP contribution is 2.24. The summed E-state index contributed by atoms with van der Waals surface area (Å²) in [6, 6.07) is 6.82. The van der Waals surface area contributed by atoms with Gasteiger partial charge in [0.2, 0.25) is 0 Å². The molecular weight excluding hydrogens is 304 g/mol. The lowest BCUT2D eigenvalue weighted by atomic mass is 10.1. The second-order valence-corrected chi connectivity index (χ2v) is 4.46. The lowest BCUT2D eigenvalue weighted by Gasteiger charge is -2.09. The van der Waals surface area contributed by atoms with Gasteiger partial charge in [-0.2, -0.15) is 0 Å². The van der Waals surface area contributed by atoms with Crippen LogP contribution in [0.15, 0.2) is 36.4 Å². The summed E-state index contributed by atoms with van der Waals surface area (Å²) >= 11 is 5.83. The highest BCUT2D eigenvalue weighted by Gasteiger charge is 2.17. The molecule has 2 aromatic rings. The largest absolute Gasteiger partial charge is 0.478 e. The average Bonchev–Trinajstić information content (AvgIpc) is 2.43. The minimum absolute atomic E-state index is 0.00905. The zero-order valence-corrected chi connectivity index (χ0v) is 11.1. The Labute approximate surface area is 123 Å². The Morgan fingerprint density at radius 1 is 1.14 bits per heavy atom. The predicted molar refractivity (Wildman–Crippen MR) is 72.7 cm³/mol. The van der Waals surface area contributed by atoms with E-state index in [0.717, 1.165) is 18.2 Å². The number of carboxylic acid groups (broad SMARTS) is 1. The molecule has 0 fully saturated rings. The summed E-state index contributed by atoms with van der Waals surface area (Å²) < 4.78 is 26.6. The fourth-order valence-electron chi connectivity index (χ4n) is 1.62. The maximum Gasteiger partial charge on any atom is 0.335 e. The van der Waals surface area contributed by atoms with Gasteiger partial charge in [0.25, 0.3) is 5.91 Å². The maximum atomic E-state index is 13.5. The molecule has 0 bridgehead atoms. The van der Waals surface area contributed by atoms with Gasteiger partial charge in [0.05, 0.1) is 21.8 Å². The first-order valence-corrected chi connectivity index (χ1v) is 6.06. The Hall–Kier alpha value is -2.47. The van der Waals surface area contributed by atoms with Gasteiger partial charge >= 0.3 is 5.97 Å². The van der Waals surface area contributed by atoms with Crippen molar-refractivity contribution in [1.82, 2.24) is 0 Å². The number of benzene rings is 2. The van der Waals surface area contributed by atoms with Gasteiger partial charge in [0.15, 0.2) is 11.6 Å². The van der Waals surface area contributed by atoms with Crippen molar-refractivity contribution in [1.29, 1.82) is 0 Å². The molecule has 108 valence electrons. The van der Waals surface area contributed by atoms with Gasteiger partial charge in [-0.3, -0.25) is 4.79 Å². The second-order valence-electron chi connectivity index (χ2n) is 4.06. The van der Waals surface area contributed by atoms with Crippen molar-refractivity contribution in [2.45, 2.75) is 0 Å². The van der Waals surface area contributed by atoms with E-state index in [-0.39, 0.29) is 16.3 Å². The fraction of sp³-hybridized carbons (Fsp3) is 0. The molecule has 0 aliphatic carbocycles. The van der Waals surface area contributed by atoms with E-state index in [9.17, 15) is 18.4 Å². The highest BCUT2D eigenvalue weighted by molar-refractivity contribution is 6.34. The number of hydrogen-bond donors (Lipinski definition) is 2. The van der Waals surface area contributed by atoms with Crippen LogP contribution in [0.2, 0.25) is 5.02 Å². The Kier molecular flexibility index (Phi) is 4.18. The summed E-state index contributed by atoms with van der Waals surface area (Å²) in [5.41, 5.74) is -0.619. The van der Waals surface area contributed by atoms with Crippen LogP contribution in [-0.4, -0.2) is 17.0 Å². The maximum absolute atomic E-state index is 13.5. The Morgan fingerprint density at radius 2 is 1.86 bits per heavy atom. The van der Waals surface area contributed by atoms with Crippen LogP contribution in [0.4, 0.5) is 14.5 Å². The van der Waals surface area contributed by atoms with Crippen LogP contribution in [0.3, 0.4) is 0 Å². The number of rotatable bonds is 3. The SMILES string of the molecule is O=C(O)c1ccc(Cl)c(NC(=O)c2cccc(F)c2F)c1. The van der Waals surface area contributed by atoms with Gasteiger partial charge in [0.1, 0.15) is 0 Å². The van der Waals surface area contributed by atoms with E-state index in [0.29, 0.717) is 0 Å². The number of carbonyl (C=O) groups excluding carboxylic acids is 1.